The van der Waals surface area contributed by atoms with Crippen LogP contribution >= 0.6 is 0 Å². The molecule has 0 unspecified atom stereocenters. The number of fused-ring (bicyclic) bond motifs is 1. The number of nitrogens with one attached hydrogen (secondary N) is 2. The van der Waals surface area contributed by atoms with Gasteiger partial charge in [0.2, 0.25) is 5.91 Å². The van der Waals surface area contributed by atoms with Gasteiger partial charge in [-0.15, -0.1) is 0 Å². The van der Waals surface area contributed by atoms with Crippen molar-refractivity contribution in [2.24, 2.45) is 0 Å². The van der Waals surface area contributed by atoms with E-state index in [0.717, 1.165) is 56.4 Å². The van der Waals surface area contributed by atoms with Crippen LogP contribution in [0, 0.1) is 0 Å². The highest BCUT2D eigenvalue weighted by Crippen LogP contribution is 2.43. The van der Waals surface area contributed by atoms with Crippen molar-refractivity contribution >= 4 is 16.9 Å². The van der Waals surface area contributed by atoms with Gasteiger partial charge in [-0.05, 0) is 62.8 Å². The molecule has 0 radical (unpaired) electrons. The van der Waals surface area contributed by atoms with Crippen molar-refractivity contribution in [3.05, 3.63) is 70.6 Å². The number of benzene rings is 2. The lowest BCUT2D eigenvalue weighted by molar-refractivity contribution is -0.122. The van der Waals surface area contributed by atoms with Crippen molar-refractivity contribution in [2.45, 2.75) is 88.4 Å². The molecule has 7 nitrogen and oxygen atoms in total. The van der Waals surface area contributed by atoms with Gasteiger partial charge in [-0.25, -0.2) is 4.79 Å². The fourth-order valence-electron chi connectivity index (χ4n) is 7.53. The molecule has 1 atom stereocenters. The van der Waals surface area contributed by atoms with Crippen LogP contribution in [0.4, 0.5) is 0 Å². The van der Waals surface area contributed by atoms with E-state index in [9.17, 15) is 9.59 Å². The van der Waals surface area contributed by atoms with Crippen molar-refractivity contribution in [1.29, 1.82) is 0 Å². The normalized spacial score (nSPS) is 22.6. The Labute approximate surface area is 231 Å². The number of hydrogen-bond donors (Lipinski definition) is 2. The van der Waals surface area contributed by atoms with Crippen LogP contribution in [0.1, 0.15) is 75.8 Å². The van der Waals surface area contributed by atoms with Gasteiger partial charge in [0.15, 0.2) is 0 Å². The third kappa shape index (κ3) is 5.19. The van der Waals surface area contributed by atoms with E-state index in [1.165, 1.54) is 44.1 Å². The first-order valence-electron chi connectivity index (χ1n) is 15.2. The molecule has 39 heavy (non-hydrogen) atoms. The number of nitrogens with zero attached hydrogens (tertiary/aromatic N) is 3. The Morgan fingerprint density at radius 1 is 0.872 bits per heavy atom. The molecule has 1 aromatic heterocycles. The van der Waals surface area contributed by atoms with Crippen LogP contribution in [-0.2, 0) is 16.9 Å². The molecule has 1 saturated carbocycles. The minimum absolute atomic E-state index is 0.0440. The number of carbonyl (C=O) groups excluding carboxylic acids is 1. The molecule has 208 valence electrons. The van der Waals surface area contributed by atoms with Crippen molar-refractivity contribution in [3.63, 3.8) is 0 Å². The van der Waals surface area contributed by atoms with Gasteiger partial charge in [0.25, 0.3) is 0 Å². The number of amides is 1. The highest BCUT2D eigenvalue weighted by molar-refractivity contribution is 5.82. The van der Waals surface area contributed by atoms with Crippen molar-refractivity contribution in [3.8, 4) is 0 Å². The van der Waals surface area contributed by atoms with E-state index in [4.69, 9.17) is 0 Å². The first-order valence-corrected chi connectivity index (χ1v) is 15.2. The number of imidazole rings is 1. The summed E-state index contributed by atoms with van der Waals surface area (Å²) < 4.78 is 3.91. The lowest BCUT2D eigenvalue weighted by atomic mass is 9.79. The smallest absolute Gasteiger partial charge is 0.329 e. The maximum Gasteiger partial charge on any atom is 0.329 e. The summed E-state index contributed by atoms with van der Waals surface area (Å²) in [5, 5.41) is 6.29. The SMILES string of the molecule is O=C(NCCn1c(=O)n(C2CCN(C3(c4ccccc4)CCCCCC3)CC2)c2ccccc21)[C@H]1CCCN1. The first-order chi connectivity index (χ1) is 19.2. The second kappa shape index (κ2) is 11.7. The summed E-state index contributed by atoms with van der Waals surface area (Å²) in [5.74, 6) is 0.0440. The lowest BCUT2D eigenvalue weighted by Crippen LogP contribution is -2.50. The Kier molecular flexibility index (Phi) is 7.89. The zero-order chi connectivity index (χ0) is 26.7. The molecule has 2 N–H and O–H groups in total. The van der Waals surface area contributed by atoms with E-state index < -0.39 is 0 Å². The molecular weight excluding hydrogens is 486 g/mol. The molecule has 3 fully saturated rings. The van der Waals surface area contributed by atoms with Crippen LogP contribution in [0.25, 0.3) is 11.0 Å². The van der Waals surface area contributed by atoms with E-state index in [1.54, 1.807) is 0 Å². The fourth-order valence-corrected chi connectivity index (χ4v) is 7.53. The van der Waals surface area contributed by atoms with Crippen LogP contribution < -0.4 is 16.3 Å². The molecule has 3 heterocycles. The molecule has 3 aromatic rings. The monoisotopic (exact) mass is 529 g/mol. The van der Waals surface area contributed by atoms with E-state index in [1.807, 2.05) is 22.8 Å². The summed E-state index contributed by atoms with van der Waals surface area (Å²) in [4.78, 5) is 29.0. The van der Waals surface area contributed by atoms with Gasteiger partial charge >= 0.3 is 5.69 Å². The summed E-state index contributed by atoms with van der Waals surface area (Å²) >= 11 is 0. The number of aromatic nitrogens is 2. The topological polar surface area (TPSA) is 71.3 Å². The molecular formula is C32H43N5O2. The molecule has 1 amide bonds. The zero-order valence-corrected chi connectivity index (χ0v) is 23.1. The maximum absolute atomic E-state index is 13.8. The van der Waals surface area contributed by atoms with Crippen molar-refractivity contribution in [2.75, 3.05) is 26.2 Å². The average Bonchev–Trinajstić information content (AvgIpc) is 3.53. The molecule has 7 heteroatoms. The molecule has 3 aliphatic rings. The zero-order valence-electron chi connectivity index (χ0n) is 23.1. The van der Waals surface area contributed by atoms with Crippen molar-refractivity contribution in [1.82, 2.24) is 24.7 Å². The maximum atomic E-state index is 13.8. The number of likely N-dealkylation sites (tertiary alicyclic amines) is 1. The van der Waals surface area contributed by atoms with E-state index in [-0.39, 0.29) is 29.2 Å². The predicted octanol–water partition coefficient (Wildman–Crippen LogP) is 4.56. The summed E-state index contributed by atoms with van der Waals surface area (Å²) in [5.41, 5.74) is 3.61. The number of para-hydroxylation sites is 2. The highest BCUT2D eigenvalue weighted by atomic mass is 16.2. The van der Waals surface area contributed by atoms with E-state index in [2.05, 4.69) is 56.5 Å². The predicted molar refractivity (Wildman–Crippen MR) is 156 cm³/mol. The van der Waals surface area contributed by atoms with Gasteiger partial charge in [0, 0.05) is 37.8 Å². The summed E-state index contributed by atoms with van der Waals surface area (Å²) in [6.07, 6.45) is 11.6. The van der Waals surface area contributed by atoms with E-state index in [0.29, 0.717) is 13.1 Å². The van der Waals surface area contributed by atoms with Crippen LogP contribution in [0.2, 0.25) is 0 Å². The third-order valence-electron chi connectivity index (χ3n) is 9.56. The Hall–Kier alpha value is -2.90. The molecule has 6 rings (SSSR count). The minimum atomic E-state index is -0.0964. The molecule has 2 aliphatic heterocycles. The summed E-state index contributed by atoms with van der Waals surface area (Å²) in [6.45, 7) is 3.87. The van der Waals surface area contributed by atoms with Gasteiger partial charge < -0.3 is 10.6 Å². The van der Waals surface area contributed by atoms with Crippen LogP contribution in [-0.4, -0.2) is 52.2 Å². The van der Waals surface area contributed by atoms with Crippen LogP contribution in [0.5, 0.6) is 0 Å². The third-order valence-corrected chi connectivity index (χ3v) is 9.56. The number of carbonyl (C=O) groups is 1. The van der Waals surface area contributed by atoms with Gasteiger partial charge in [0.1, 0.15) is 0 Å². The largest absolute Gasteiger partial charge is 0.353 e. The summed E-state index contributed by atoms with van der Waals surface area (Å²) in [6, 6.07) is 19.4. The fraction of sp³-hybridized carbons (Fsp3) is 0.562. The van der Waals surface area contributed by atoms with Gasteiger partial charge in [-0.2, -0.15) is 0 Å². The van der Waals surface area contributed by atoms with Crippen molar-refractivity contribution < 1.29 is 4.79 Å². The van der Waals surface area contributed by atoms with Gasteiger partial charge in [-0.1, -0.05) is 68.1 Å². The second-order valence-electron chi connectivity index (χ2n) is 11.8. The average molecular weight is 530 g/mol. The summed E-state index contributed by atoms with van der Waals surface area (Å²) in [7, 11) is 0. The Morgan fingerprint density at radius 3 is 2.26 bits per heavy atom. The number of hydrogen-bond acceptors (Lipinski definition) is 4. The molecule has 0 bridgehead atoms. The molecule has 1 aliphatic carbocycles. The van der Waals surface area contributed by atoms with Gasteiger partial charge in [0.05, 0.1) is 17.1 Å². The van der Waals surface area contributed by atoms with E-state index >= 15 is 0 Å². The molecule has 2 saturated heterocycles. The molecule has 2 aromatic carbocycles. The minimum Gasteiger partial charge on any atom is -0.353 e. The Balaban J connectivity index is 1.20. The number of piperidine rings is 1. The Morgan fingerprint density at radius 2 is 1.56 bits per heavy atom. The van der Waals surface area contributed by atoms with Gasteiger partial charge in [-0.3, -0.25) is 18.8 Å². The highest BCUT2D eigenvalue weighted by Gasteiger charge is 2.40. The Bertz CT molecular complexity index is 1310. The van der Waals surface area contributed by atoms with Crippen LogP contribution in [0.15, 0.2) is 59.4 Å². The first kappa shape index (κ1) is 26.3. The quantitative estimate of drug-likeness (QED) is 0.441. The second-order valence-corrected chi connectivity index (χ2v) is 11.8. The number of rotatable bonds is 7. The lowest BCUT2D eigenvalue weighted by Gasteiger charge is -2.47. The standard InChI is InChI=1S/C32H43N5O2/c38-30(27-13-10-20-33-27)34-21-24-36-28-14-6-7-15-29(28)37(31(36)39)26-16-22-35(23-17-26)32(18-8-1-2-9-19-32)25-11-4-3-5-12-25/h3-7,11-12,14-15,26-27,33H,1-2,8-10,13,16-24H2,(H,34,38)/t27-/m1/s1. The molecule has 0 spiro atoms. The van der Waals surface area contributed by atoms with Crippen LogP contribution in [0.3, 0.4) is 0 Å².